The molecule has 0 aliphatic heterocycles. The molecule has 2 amide bonds. The van der Waals surface area contributed by atoms with Crippen LogP contribution in [0.2, 0.25) is 0 Å². The summed E-state index contributed by atoms with van der Waals surface area (Å²) in [7, 11) is 1.58. The standard InChI is InChI=1S/C25H24Br2N2O3/c1-28-25(31)23(15-18-6-3-2-4-7-18)29(16-19-8-5-9-21(27)14-19)24(30)17-32-22-12-10-20(26)11-13-22/h2-14,23H,15-17H2,1H3,(H,28,31)/t23-/m1/s1. The summed E-state index contributed by atoms with van der Waals surface area (Å²) in [4.78, 5) is 27.8. The fourth-order valence-electron chi connectivity index (χ4n) is 3.31. The lowest BCUT2D eigenvalue weighted by Crippen LogP contribution is -2.51. The first kappa shape index (κ1) is 24.0. The second kappa shape index (κ2) is 11.8. The van der Waals surface area contributed by atoms with E-state index in [2.05, 4.69) is 37.2 Å². The van der Waals surface area contributed by atoms with E-state index in [9.17, 15) is 9.59 Å². The highest BCUT2D eigenvalue weighted by Gasteiger charge is 2.30. The van der Waals surface area contributed by atoms with Gasteiger partial charge in [-0.3, -0.25) is 9.59 Å². The van der Waals surface area contributed by atoms with Crippen LogP contribution in [0.5, 0.6) is 5.75 Å². The molecule has 0 radical (unpaired) electrons. The number of carbonyl (C=O) groups is 2. The van der Waals surface area contributed by atoms with Crippen molar-refractivity contribution in [3.8, 4) is 5.75 Å². The Kier molecular flexibility index (Phi) is 8.88. The van der Waals surface area contributed by atoms with Gasteiger partial charge in [-0.1, -0.05) is 74.3 Å². The zero-order valence-electron chi connectivity index (χ0n) is 17.6. The largest absolute Gasteiger partial charge is 0.484 e. The predicted octanol–water partition coefficient (Wildman–Crippen LogP) is 4.98. The van der Waals surface area contributed by atoms with Gasteiger partial charge in [-0.2, -0.15) is 0 Å². The molecule has 3 rings (SSSR count). The van der Waals surface area contributed by atoms with Crippen molar-refractivity contribution >= 4 is 43.7 Å². The molecule has 0 saturated heterocycles. The Balaban J connectivity index is 1.86. The van der Waals surface area contributed by atoms with Crippen molar-refractivity contribution in [2.45, 2.75) is 19.0 Å². The van der Waals surface area contributed by atoms with Crippen LogP contribution in [-0.2, 0) is 22.6 Å². The lowest BCUT2D eigenvalue weighted by molar-refractivity contribution is -0.142. The number of carbonyl (C=O) groups excluding carboxylic acids is 2. The topological polar surface area (TPSA) is 58.6 Å². The first-order chi connectivity index (χ1) is 15.5. The van der Waals surface area contributed by atoms with Crippen LogP contribution in [0.25, 0.3) is 0 Å². The molecular weight excluding hydrogens is 536 g/mol. The number of likely N-dealkylation sites (N-methyl/N-ethyl adjacent to an activating group) is 1. The third kappa shape index (κ3) is 6.93. The Bertz CT molecular complexity index is 1040. The van der Waals surface area contributed by atoms with Gasteiger partial charge in [0.2, 0.25) is 5.91 Å². The molecule has 3 aromatic carbocycles. The smallest absolute Gasteiger partial charge is 0.261 e. The molecule has 32 heavy (non-hydrogen) atoms. The van der Waals surface area contributed by atoms with Crippen LogP contribution in [0, 0.1) is 0 Å². The van der Waals surface area contributed by atoms with Gasteiger partial charge in [0.05, 0.1) is 0 Å². The zero-order valence-corrected chi connectivity index (χ0v) is 20.8. The zero-order chi connectivity index (χ0) is 22.9. The fourth-order valence-corrected chi connectivity index (χ4v) is 4.02. The molecule has 0 unspecified atom stereocenters. The van der Waals surface area contributed by atoms with Crippen molar-refractivity contribution < 1.29 is 14.3 Å². The summed E-state index contributed by atoms with van der Waals surface area (Å²) in [5, 5.41) is 2.71. The number of nitrogens with zero attached hydrogens (tertiary/aromatic N) is 1. The van der Waals surface area contributed by atoms with Crippen molar-refractivity contribution in [3.05, 3.63) is 98.9 Å². The minimum atomic E-state index is -0.678. The highest BCUT2D eigenvalue weighted by Crippen LogP contribution is 2.19. The molecule has 3 aromatic rings. The van der Waals surface area contributed by atoms with E-state index in [-0.39, 0.29) is 25.0 Å². The third-order valence-corrected chi connectivity index (χ3v) is 5.96. The summed E-state index contributed by atoms with van der Waals surface area (Å²) in [6, 6.07) is 24.0. The van der Waals surface area contributed by atoms with Crippen molar-refractivity contribution in [3.63, 3.8) is 0 Å². The third-order valence-electron chi connectivity index (χ3n) is 4.94. The summed E-state index contributed by atoms with van der Waals surface area (Å²) < 4.78 is 7.56. The van der Waals surface area contributed by atoms with Crippen molar-refractivity contribution in [1.29, 1.82) is 0 Å². The Morgan fingerprint density at radius 2 is 1.59 bits per heavy atom. The number of amides is 2. The van der Waals surface area contributed by atoms with Crippen LogP contribution >= 0.6 is 31.9 Å². The molecule has 0 fully saturated rings. The van der Waals surface area contributed by atoms with Crippen molar-refractivity contribution in [2.24, 2.45) is 0 Å². The maximum atomic E-state index is 13.3. The quantitative estimate of drug-likeness (QED) is 0.402. The van der Waals surface area contributed by atoms with Gasteiger partial charge in [0.15, 0.2) is 6.61 Å². The van der Waals surface area contributed by atoms with E-state index >= 15 is 0 Å². The van der Waals surface area contributed by atoms with Crippen LogP contribution in [-0.4, -0.2) is 36.4 Å². The molecule has 5 nitrogen and oxygen atoms in total. The summed E-state index contributed by atoms with van der Waals surface area (Å²) in [5.74, 6) is 0.0989. The number of rotatable bonds is 9. The number of hydrogen-bond acceptors (Lipinski definition) is 3. The molecular formula is C25H24Br2N2O3. The Hall–Kier alpha value is -2.64. The highest BCUT2D eigenvalue weighted by molar-refractivity contribution is 9.10. The maximum Gasteiger partial charge on any atom is 0.261 e. The normalized spacial score (nSPS) is 11.5. The van der Waals surface area contributed by atoms with E-state index < -0.39 is 6.04 Å². The van der Waals surface area contributed by atoms with Gasteiger partial charge >= 0.3 is 0 Å². The summed E-state index contributed by atoms with van der Waals surface area (Å²) in [6.45, 7) is 0.116. The Morgan fingerprint density at radius 3 is 2.25 bits per heavy atom. The Labute approximate surface area is 205 Å². The van der Waals surface area contributed by atoms with Gasteiger partial charge in [0, 0.05) is 29.0 Å². The van der Waals surface area contributed by atoms with E-state index in [1.54, 1.807) is 24.1 Å². The van der Waals surface area contributed by atoms with Crippen LogP contribution in [0.3, 0.4) is 0 Å². The van der Waals surface area contributed by atoms with Crippen LogP contribution in [0.1, 0.15) is 11.1 Å². The monoisotopic (exact) mass is 558 g/mol. The average molecular weight is 560 g/mol. The van der Waals surface area contributed by atoms with Crippen LogP contribution in [0.15, 0.2) is 87.8 Å². The minimum Gasteiger partial charge on any atom is -0.484 e. The van der Waals surface area contributed by atoms with Gasteiger partial charge < -0.3 is 15.0 Å². The molecule has 1 N–H and O–H groups in total. The molecule has 0 bridgehead atoms. The number of benzene rings is 3. The number of hydrogen-bond donors (Lipinski definition) is 1. The lowest BCUT2D eigenvalue weighted by atomic mass is 10.0. The fraction of sp³-hybridized carbons (Fsp3) is 0.200. The molecule has 0 aromatic heterocycles. The minimum absolute atomic E-state index is 0.169. The van der Waals surface area contributed by atoms with E-state index in [0.29, 0.717) is 12.2 Å². The van der Waals surface area contributed by atoms with Crippen molar-refractivity contribution in [2.75, 3.05) is 13.7 Å². The average Bonchev–Trinajstić information content (AvgIpc) is 2.81. The van der Waals surface area contributed by atoms with E-state index in [1.165, 1.54) is 0 Å². The molecule has 0 aliphatic carbocycles. The second-order valence-corrected chi connectivity index (χ2v) is 9.05. The lowest BCUT2D eigenvalue weighted by Gasteiger charge is -2.31. The molecule has 0 spiro atoms. The predicted molar refractivity (Wildman–Crippen MR) is 132 cm³/mol. The van der Waals surface area contributed by atoms with Gasteiger partial charge in [0.1, 0.15) is 11.8 Å². The first-order valence-corrected chi connectivity index (χ1v) is 11.7. The molecule has 166 valence electrons. The molecule has 0 heterocycles. The summed E-state index contributed by atoms with van der Waals surface area (Å²) >= 11 is 6.87. The number of halogens is 2. The molecule has 0 saturated carbocycles. The van der Waals surface area contributed by atoms with E-state index in [0.717, 1.165) is 20.1 Å². The van der Waals surface area contributed by atoms with Crippen LogP contribution in [0.4, 0.5) is 0 Å². The second-order valence-electron chi connectivity index (χ2n) is 7.21. The Morgan fingerprint density at radius 1 is 0.906 bits per heavy atom. The van der Waals surface area contributed by atoms with Gasteiger partial charge in [-0.25, -0.2) is 0 Å². The molecule has 7 heteroatoms. The highest BCUT2D eigenvalue weighted by atomic mass is 79.9. The first-order valence-electron chi connectivity index (χ1n) is 10.1. The molecule has 0 aliphatic rings. The van der Waals surface area contributed by atoms with E-state index in [4.69, 9.17) is 4.74 Å². The van der Waals surface area contributed by atoms with Gasteiger partial charge in [-0.05, 0) is 47.5 Å². The van der Waals surface area contributed by atoms with Crippen molar-refractivity contribution in [1.82, 2.24) is 10.2 Å². The van der Waals surface area contributed by atoms with E-state index in [1.807, 2.05) is 66.7 Å². The number of ether oxygens (including phenoxy) is 1. The maximum absolute atomic E-state index is 13.3. The SMILES string of the molecule is CNC(=O)[C@@H](Cc1ccccc1)N(Cc1cccc(Br)c1)C(=O)COc1ccc(Br)cc1. The summed E-state index contributed by atoms with van der Waals surface area (Å²) in [5.41, 5.74) is 1.89. The van der Waals surface area contributed by atoms with Gasteiger partial charge in [-0.15, -0.1) is 0 Å². The number of nitrogens with one attached hydrogen (secondary N) is 1. The summed E-state index contributed by atoms with van der Waals surface area (Å²) in [6.07, 6.45) is 0.401. The van der Waals surface area contributed by atoms with Gasteiger partial charge in [0.25, 0.3) is 5.91 Å². The van der Waals surface area contributed by atoms with Crippen LogP contribution < -0.4 is 10.1 Å². The molecule has 1 atom stereocenters.